The van der Waals surface area contributed by atoms with Gasteiger partial charge in [-0.25, -0.2) is 9.07 Å². The van der Waals surface area contributed by atoms with Crippen molar-refractivity contribution < 1.29 is 18.7 Å². The molecule has 0 fully saturated rings. The van der Waals surface area contributed by atoms with Gasteiger partial charge in [0.1, 0.15) is 5.82 Å². The number of aliphatic carboxylic acids is 1. The van der Waals surface area contributed by atoms with Crippen LogP contribution in [0.25, 0.3) is 5.52 Å². The van der Waals surface area contributed by atoms with Crippen LogP contribution in [-0.4, -0.2) is 30.5 Å². The van der Waals surface area contributed by atoms with Gasteiger partial charge in [-0.05, 0) is 53.8 Å². The molecule has 0 spiro atoms. The number of aromatic nitrogens is 4. The second-order valence-electron chi connectivity index (χ2n) is 7.91. The number of fused-ring (bicyclic) bond motifs is 3. The number of hydrogen-bond donors (Lipinski definition) is 1. The van der Waals surface area contributed by atoms with Crippen molar-refractivity contribution in [3.8, 4) is 0 Å². The van der Waals surface area contributed by atoms with Crippen molar-refractivity contribution in [2.24, 2.45) is 0 Å². The molecule has 0 unspecified atom stereocenters. The zero-order chi connectivity index (χ0) is 21.5. The SMILES string of the molecule is O=C(O)Cc1c2c(n3c(F)cccc13)C[C@H](n1nncc1Cc1ccc(F)cc1)CC2. The van der Waals surface area contributed by atoms with E-state index in [1.807, 2.05) is 4.68 Å². The van der Waals surface area contributed by atoms with Crippen LogP contribution in [0.5, 0.6) is 0 Å². The van der Waals surface area contributed by atoms with Crippen molar-refractivity contribution in [1.29, 1.82) is 0 Å². The van der Waals surface area contributed by atoms with Gasteiger partial charge in [0.05, 0.1) is 29.9 Å². The molecule has 1 aliphatic carbocycles. The van der Waals surface area contributed by atoms with Gasteiger partial charge < -0.3 is 5.11 Å². The summed E-state index contributed by atoms with van der Waals surface area (Å²) in [7, 11) is 0. The van der Waals surface area contributed by atoms with Gasteiger partial charge in [0.15, 0.2) is 5.95 Å². The van der Waals surface area contributed by atoms with E-state index in [0.29, 0.717) is 30.3 Å². The van der Waals surface area contributed by atoms with Crippen LogP contribution in [0, 0.1) is 11.8 Å². The molecule has 5 rings (SSSR count). The molecule has 1 aliphatic rings. The Kier molecular flexibility index (Phi) is 4.77. The van der Waals surface area contributed by atoms with Crippen LogP contribution in [0.15, 0.2) is 48.7 Å². The number of carboxylic acids is 1. The van der Waals surface area contributed by atoms with E-state index in [1.165, 1.54) is 22.6 Å². The van der Waals surface area contributed by atoms with Crippen LogP contribution in [0.1, 0.15) is 40.5 Å². The van der Waals surface area contributed by atoms with Crippen LogP contribution in [-0.2, 0) is 30.5 Å². The molecule has 158 valence electrons. The van der Waals surface area contributed by atoms with Gasteiger partial charge in [0.2, 0.25) is 0 Å². The van der Waals surface area contributed by atoms with Gasteiger partial charge in [0.25, 0.3) is 0 Å². The highest BCUT2D eigenvalue weighted by molar-refractivity contribution is 5.77. The Labute approximate surface area is 176 Å². The number of pyridine rings is 1. The topological polar surface area (TPSA) is 72.4 Å². The third-order valence-corrected chi connectivity index (χ3v) is 6.01. The summed E-state index contributed by atoms with van der Waals surface area (Å²) in [5, 5.41) is 17.7. The second kappa shape index (κ2) is 7.61. The van der Waals surface area contributed by atoms with E-state index in [0.717, 1.165) is 28.9 Å². The number of carbonyl (C=O) groups is 1. The molecule has 3 aromatic heterocycles. The molecule has 1 aromatic carbocycles. The lowest BCUT2D eigenvalue weighted by Gasteiger charge is -2.25. The summed E-state index contributed by atoms with van der Waals surface area (Å²) < 4.78 is 31.4. The number of rotatable bonds is 5. The summed E-state index contributed by atoms with van der Waals surface area (Å²) in [5.41, 5.74) is 4.85. The summed E-state index contributed by atoms with van der Waals surface area (Å²) in [6.45, 7) is 0. The predicted molar refractivity (Wildman–Crippen MR) is 109 cm³/mol. The Balaban J connectivity index is 1.51. The molecule has 0 saturated carbocycles. The first-order valence-electron chi connectivity index (χ1n) is 10.2. The van der Waals surface area contributed by atoms with Gasteiger partial charge in [-0.15, -0.1) is 5.10 Å². The van der Waals surface area contributed by atoms with E-state index in [1.54, 1.807) is 30.5 Å². The Hall–Kier alpha value is -3.55. The highest BCUT2D eigenvalue weighted by Gasteiger charge is 2.30. The minimum atomic E-state index is -0.931. The highest BCUT2D eigenvalue weighted by Crippen LogP contribution is 2.36. The van der Waals surface area contributed by atoms with E-state index in [2.05, 4.69) is 10.3 Å². The van der Waals surface area contributed by atoms with Crippen LogP contribution >= 0.6 is 0 Å². The molecule has 31 heavy (non-hydrogen) atoms. The van der Waals surface area contributed by atoms with Crippen molar-refractivity contribution in [2.75, 3.05) is 0 Å². The summed E-state index contributed by atoms with van der Waals surface area (Å²) in [6.07, 6.45) is 4.04. The largest absolute Gasteiger partial charge is 0.481 e. The minimum absolute atomic E-state index is 0.0270. The second-order valence-corrected chi connectivity index (χ2v) is 7.91. The lowest BCUT2D eigenvalue weighted by molar-refractivity contribution is -0.136. The monoisotopic (exact) mass is 422 g/mol. The summed E-state index contributed by atoms with van der Waals surface area (Å²) in [6, 6.07) is 11.1. The third kappa shape index (κ3) is 3.48. The number of benzene rings is 1. The molecule has 0 amide bonds. The highest BCUT2D eigenvalue weighted by atomic mass is 19.1. The first kappa shape index (κ1) is 19.4. The fraction of sp³-hybridized carbons (Fsp3) is 0.261. The molecular formula is C23H20F2N4O2. The van der Waals surface area contributed by atoms with Gasteiger partial charge in [-0.3, -0.25) is 9.20 Å². The summed E-state index contributed by atoms with van der Waals surface area (Å²) in [5.74, 6) is -1.62. The van der Waals surface area contributed by atoms with Gasteiger partial charge in [0, 0.05) is 18.5 Å². The summed E-state index contributed by atoms with van der Waals surface area (Å²) >= 11 is 0. The molecule has 1 N–H and O–H groups in total. The van der Waals surface area contributed by atoms with Gasteiger partial charge in [-0.1, -0.05) is 23.4 Å². The summed E-state index contributed by atoms with van der Waals surface area (Å²) in [4.78, 5) is 11.4. The third-order valence-electron chi connectivity index (χ3n) is 6.01. The fourth-order valence-corrected chi connectivity index (χ4v) is 4.67. The smallest absolute Gasteiger partial charge is 0.307 e. The van der Waals surface area contributed by atoms with Crippen molar-refractivity contribution >= 4 is 11.5 Å². The molecular weight excluding hydrogens is 402 g/mol. The zero-order valence-corrected chi connectivity index (χ0v) is 16.6. The minimum Gasteiger partial charge on any atom is -0.481 e. The maximum atomic E-state index is 14.7. The normalized spacial score (nSPS) is 15.9. The maximum Gasteiger partial charge on any atom is 0.307 e. The standard InChI is InChI=1S/C23H20F2N4O2/c24-15-6-4-14(5-7-15)10-17-13-26-27-29(17)16-8-9-18-19(12-23(30)31)20-2-1-3-22(25)28(20)21(18)11-16/h1-7,13,16H,8-12H2,(H,30,31)/t16-/m1/s1. The molecule has 3 heterocycles. The Morgan fingerprint density at radius 1 is 1.16 bits per heavy atom. The van der Waals surface area contributed by atoms with Gasteiger partial charge in [-0.2, -0.15) is 4.39 Å². The number of hydrogen-bond acceptors (Lipinski definition) is 3. The van der Waals surface area contributed by atoms with Crippen molar-refractivity contribution in [3.63, 3.8) is 0 Å². The molecule has 0 saturated heterocycles. The van der Waals surface area contributed by atoms with E-state index < -0.39 is 11.9 Å². The zero-order valence-electron chi connectivity index (χ0n) is 16.6. The Morgan fingerprint density at radius 2 is 1.97 bits per heavy atom. The van der Waals surface area contributed by atoms with E-state index in [9.17, 15) is 18.7 Å². The Bertz CT molecular complexity index is 1280. The first-order chi connectivity index (χ1) is 15.0. The molecule has 0 bridgehead atoms. The average Bonchev–Trinajstić information content (AvgIpc) is 3.33. The maximum absolute atomic E-state index is 14.7. The average molecular weight is 422 g/mol. The number of halogens is 2. The first-order valence-corrected chi connectivity index (χ1v) is 10.2. The van der Waals surface area contributed by atoms with Crippen molar-refractivity contribution in [1.82, 2.24) is 19.4 Å². The lowest BCUT2D eigenvalue weighted by Crippen LogP contribution is -2.23. The lowest BCUT2D eigenvalue weighted by atomic mass is 9.90. The van der Waals surface area contributed by atoms with Crippen LogP contribution in [0.2, 0.25) is 0 Å². The molecule has 0 aliphatic heterocycles. The van der Waals surface area contributed by atoms with Crippen molar-refractivity contribution in [3.05, 3.63) is 88.5 Å². The Morgan fingerprint density at radius 3 is 2.74 bits per heavy atom. The molecule has 0 radical (unpaired) electrons. The van der Waals surface area contributed by atoms with E-state index in [4.69, 9.17) is 0 Å². The van der Waals surface area contributed by atoms with E-state index >= 15 is 0 Å². The molecule has 4 aromatic rings. The molecule has 1 atom stereocenters. The quantitative estimate of drug-likeness (QED) is 0.497. The fourth-order valence-electron chi connectivity index (χ4n) is 4.67. The predicted octanol–water partition coefficient (Wildman–Crippen LogP) is 3.76. The van der Waals surface area contributed by atoms with Crippen LogP contribution in [0.3, 0.4) is 0 Å². The van der Waals surface area contributed by atoms with Crippen LogP contribution in [0.4, 0.5) is 8.78 Å². The van der Waals surface area contributed by atoms with Gasteiger partial charge >= 0.3 is 5.97 Å². The number of nitrogens with zero attached hydrogens (tertiary/aromatic N) is 4. The van der Waals surface area contributed by atoms with Crippen LogP contribution < -0.4 is 0 Å². The van der Waals surface area contributed by atoms with E-state index in [-0.39, 0.29) is 18.3 Å². The molecule has 8 heteroatoms. The number of carboxylic acid groups (broad SMARTS) is 1. The van der Waals surface area contributed by atoms with Crippen molar-refractivity contribution in [2.45, 2.75) is 38.1 Å². The molecule has 6 nitrogen and oxygen atoms in total.